The summed E-state index contributed by atoms with van der Waals surface area (Å²) in [5, 5.41) is 24.2. The summed E-state index contributed by atoms with van der Waals surface area (Å²) >= 11 is 1.40. The fourth-order valence-electron chi connectivity index (χ4n) is 1.23. The molecule has 0 radical (unpaired) electrons. The standard InChI is InChI=1S/C10H18N6OS/c1-3-9(8-11)18-10-13-14-15-16(10)6-4-12-5-7-17-2/h9,12H,3-7H2,1-2H3. The zero-order valence-electron chi connectivity index (χ0n) is 10.7. The molecule has 0 aliphatic rings. The average Bonchev–Trinajstić information content (AvgIpc) is 2.83. The van der Waals surface area contributed by atoms with Gasteiger partial charge in [0.1, 0.15) is 0 Å². The number of hydrogen-bond donors (Lipinski definition) is 1. The van der Waals surface area contributed by atoms with E-state index in [1.165, 1.54) is 11.8 Å². The first kappa shape index (κ1) is 14.9. The second-order valence-electron chi connectivity index (χ2n) is 3.57. The van der Waals surface area contributed by atoms with Crippen molar-refractivity contribution in [3.05, 3.63) is 0 Å². The molecular formula is C10H18N6OS. The number of thioether (sulfide) groups is 1. The number of tetrazole rings is 1. The van der Waals surface area contributed by atoms with Crippen LogP contribution in [0.5, 0.6) is 0 Å². The molecule has 1 N–H and O–H groups in total. The van der Waals surface area contributed by atoms with Gasteiger partial charge in [0.15, 0.2) is 0 Å². The van der Waals surface area contributed by atoms with Crippen LogP contribution in [-0.4, -0.2) is 52.3 Å². The highest BCUT2D eigenvalue weighted by Crippen LogP contribution is 2.21. The molecular weight excluding hydrogens is 252 g/mol. The van der Waals surface area contributed by atoms with Gasteiger partial charge in [-0.05, 0) is 16.8 Å². The van der Waals surface area contributed by atoms with E-state index in [-0.39, 0.29) is 5.25 Å². The van der Waals surface area contributed by atoms with Crippen molar-refractivity contribution in [3.8, 4) is 6.07 Å². The Kier molecular flexibility index (Phi) is 7.32. The zero-order chi connectivity index (χ0) is 13.2. The molecule has 18 heavy (non-hydrogen) atoms. The first-order valence-corrected chi connectivity index (χ1v) is 6.71. The maximum atomic E-state index is 8.91. The Labute approximate surface area is 111 Å². The van der Waals surface area contributed by atoms with Crippen molar-refractivity contribution >= 4 is 11.8 Å². The molecule has 1 heterocycles. The van der Waals surface area contributed by atoms with Gasteiger partial charge in [0.05, 0.1) is 24.5 Å². The van der Waals surface area contributed by atoms with Crippen molar-refractivity contribution in [2.24, 2.45) is 0 Å². The van der Waals surface area contributed by atoms with E-state index in [9.17, 15) is 0 Å². The fraction of sp³-hybridized carbons (Fsp3) is 0.800. The van der Waals surface area contributed by atoms with Crippen LogP contribution in [0, 0.1) is 11.3 Å². The molecule has 1 unspecified atom stereocenters. The minimum Gasteiger partial charge on any atom is -0.383 e. The molecule has 1 aromatic rings. The first-order chi connectivity index (χ1) is 8.81. The SMILES string of the molecule is CCC(C#N)Sc1nnnn1CCNCCOC. The summed E-state index contributed by atoms with van der Waals surface area (Å²) in [5.74, 6) is 0. The predicted octanol–water partition coefficient (Wildman–Crippen LogP) is 0.303. The van der Waals surface area contributed by atoms with Gasteiger partial charge in [-0.1, -0.05) is 18.7 Å². The maximum absolute atomic E-state index is 8.91. The molecule has 0 aliphatic carbocycles. The molecule has 1 rings (SSSR count). The number of aromatic nitrogens is 4. The van der Waals surface area contributed by atoms with Gasteiger partial charge in [0.25, 0.3) is 0 Å². The molecule has 0 fully saturated rings. The molecule has 0 amide bonds. The van der Waals surface area contributed by atoms with Crippen LogP contribution in [0.4, 0.5) is 0 Å². The summed E-state index contributed by atoms with van der Waals surface area (Å²) in [7, 11) is 1.67. The Balaban J connectivity index is 2.38. The zero-order valence-corrected chi connectivity index (χ0v) is 11.5. The van der Waals surface area contributed by atoms with Crippen LogP contribution in [0.1, 0.15) is 13.3 Å². The molecule has 100 valence electrons. The normalized spacial score (nSPS) is 12.3. The largest absolute Gasteiger partial charge is 0.383 e. The van der Waals surface area contributed by atoms with E-state index in [2.05, 4.69) is 26.9 Å². The lowest BCUT2D eigenvalue weighted by Gasteiger charge is -2.07. The molecule has 0 aromatic carbocycles. The smallest absolute Gasteiger partial charge is 0.210 e. The average molecular weight is 270 g/mol. The third kappa shape index (κ3) is 5.00. The van der Waals surface area contributed by atoms with Crippen molar-refractivity contribution in [2.75, 3.05) is 26.8 Å². The Bertz CT molecular complexity index is 377. The van der Waals surface area contributed by atoms with Crippen molar-refractivity contribution in [2.45, 2.75) is 30.3 Å². The van der Waals surface area contributed by atoms with Gasteiger partial charge in [-0.3, -0.25) is 0 Å². The fourth-order valence-corrected chi connectivity index (χ4v) is 2.04. The lowest BCUT2D eigenvalue weighted by molar-refractivity contribution is 0.199. The van der Waals surface area contributed by atoms with Crippen molar-refractivity contribution in [3.63, 3.8) is 0 Å². The lowest BCUT2D eigenvalue weighted by Crippen LogP contribution is -2.24. The van der Waals surface area contributed by atoms with Gasteiger partial charge in [-0.15, -0.1) is 5.10 Å². The molecule has 0 bridgehead atoms. The lowest BCUT2D eigenvalue weighted by atomic mass is 10.4. The highest BCUT2D eigenvalue weighted by molar-refractivity contribution is 8.00. The van der Waals surface area contributed by atoms with E-state index in [4.69, 9.17) is 10.00 Å². The third-order valence-corrected chi connectivity index (χ3v) is 3.47. The van der Waals surface area contributed by atoms with Crippen molar-refractivity contribution in [1.29, 1.82) is 5.26 Å². The van der Waals surface area contributed by atoms with Gasteiger partial charge in [0.2, 0.25) is 5.16 Å². The topological polar surface area (TPSA) is 88.7 Å². The molecule has 8 heteroatoms. The minimum absolute atomic E-state index is 0.101. The Morgan fingerprint density at radius 1 is 1.56 bits per heavy atom. The number of nitriles is 1. The quantitative estimate of drug-likeness (QED) is 0.510. The van der Waals surface area contributed by atoms with E-state index in [0.717, 1.165) is 19.5 Å². The number of ether oxygens (including phenoxy) is 1. The summed E-state index contributed by atoms with van der Waals surface area (Å²) in [5.41, 5.74) is 0. The van der Waals surface area contributed by atoms with Crippen LogP contribution in [-0.2, 0) is 11.3 Å². The van der Waals surface area contributed by atoms with Gasteiger partial charge in [-0.25, -0.2) is 4.68 Å². The van der Waals surface area contributed by atoms with Gasteiger partial charge in [-0.2, -0.15) is 5.26 Å². The van der Waals surface area contributed by atoms with Crippen LogP contribution in [0.3, 0.4) is 0 Å². The maximum Gasteiger partial charge on any atom is 0.210 e. The summed E-state index contributed by atoms with van der Waals surface area (Å²) in [4.78, 5) is 0. The summed E-state index contributed by atoms with van der Waals surface area (Å²) in [6.07, 6.45) is 0.778. The van der Waals surface area contributed by atoms with Crippen LogP contribution < -0.4 is 5.32 Å². The summed E-state index contributed by atoms with van der Waals surface area (Å²) in [6, 6.07) is 2.22. The van der Waals surface area contributed by atoms with E-state index in [1.807, 2.05) is 6.92 Å². The van der Waals surface area contributed by atoms with Crippen LogP contribution in [0.25, 0.3) is 0 Å². The predicted molar refractivity (Wildman–Crippen MR) is 68.1 cm³/mol. The summed E-state index contributed by atoms with van der Waals surface area (Å²) in [6.45, 7) is 4.91. The van der Waals surface area contributed by atoms with Crippen LogP contribution in [0.15, 0.2) is 5.16 Å². The number of nitrogens with one attached hydrogen (secondary N) is 1. The van der Waals surface area contributed by atoms with Crippen molar-refractivity contribution in [1.82, 2.24) is 25.5 Å². The number of methoxy groups -OCH3 is 1. The van der Waals surface area contributed by atoms with Crippen LogP contribution >= 0.6 is 11.8 Å². The molecule has 1 aromatic heterocycles. The van der Waals surface area contributed by atoms with Gasteiger partial charge < -0.3 is 10.1 Å². The highest BCUT2D eigenvalue weighted by atomic mass is 32.2. The second-order valence-corrected chi connectivity index (χ2v) is 4.74. The summed E-state index contributed by atoms with van der Waals surface area (Å²) < 4.78 is 6.65. The monoisotopic (exact) mass is 270 g/mol. The number of hydrogen-bond acceptors (Lipinski definition) is 7. The Hall–Kier alpha value is -1.17. The Morgan fingerprint density at radius 2 is 2.39 bits per heavy atom. The van der Waals surface area contributed by atoms with E-state index in [1.54, 1.807) is 11.8 Å². The van der Waals surface area contributed by atoms with Crippen LogP contribution in [0.2, 0.25) is 0 Å². The second kappa shape index (κ2) is 8.85. The van der Waals surface area contributed by atoms with Gasteiger partial charge in [0, 0.05) is 20.2 Å². The van der Waals surface area contributed by atoms with Crippen molar-refractivity contribution < 1.29 is 4.74 Å². The van der Waals surface area contributed by atoms with E-state index in [0.29, 0.717) is 18.3 Å². The molecule has 0 spiro atoms. The minimum atomic E-state index is -0.101. The molecule has 0 aliphatic heterocycles. The third-order valence-electron chi connectivity index (χ3n) is 2.24. The van der Waals surface area contributed by atoms with E-state index >= 15 is 0 Å². The highest BCUT2D eigenvalue weighted by Gasteiger charge is 2.13. The Morgan fingerprint density at radius 3 is 3.06 bits per heavy atom. The van der Waals surface area contributed by atoms with Gasteiger partial charge >= 0.3 is 0 Å². The first-order valence-electron chi connectivity index (χ1n) is 5.83. The number of nitrogens with zero attached hydrogens (tertiary/aromatic N) is 5. The molecule has 0 saturated carbocycles. The molecule has 0 saturated heterocycles. The molecule has 1 atom stereocenters. The van der Waals surface area contributed by atoms with E-state index < -0.39 is 0 Å². The number of rotatable bonds is 9. The molecule has 7 nitrogen and oxygen atoms in total.